The molecule has 0 aliphatic rings. The van der Waals surface area contributed by atoms with Crippen LogP contribution in [0.1, 0.15) is 445 Å². The Labute approximate surface area is 520 Å². The third-order valence-corrected chi connectivity index (χ3v) is 17.8. The molecule has 83 heavy (non-hydrogen) atoms. The minimum atomic E-state index is -0.770. The highest BCUT2D eigenvalue weighted by atomic mass is 16.6. The molecule has 0 fully saturated rings. The van der Waals surface area contributed by atoms with Gasteiger partial charge in [0, 0.05) is 19.3 Å². The normalized spacial score (nSPS) is 12.0. The van der Waals surface area contributed by atoms with Crippen molar-refractivity contribution < 1.29 is 28.6 Å². The fourth-order valence-corrected chi connectivity index (χ4v) is 12.0. The van der Waals surface area contributed by atoms with Crippen LogP contribution in [0, 0.1) is 0 Å². The van der Waals surface area contributed by atoms with Gasteiger partial charge in [-0.05, 0) is 44.9 Å². The average molecular weight is 1170 g/mol. The van der Waals surface area contributed by atoms with E-state index in [-0.39, 0.29) is 31.1 Å². The monoisotopic (exact) mass is 1170 g/mol. The van der Waals surface area contributed by atoms with Crippen LogP contribution in [0.2, 0.25) is 0 Å². The van der Waals surface area contributed by atoms with Crippen LogP contribution in [0.3, 0.4) is 0 Å². The van der Waals surface area contributed by atoms with E-state index in [0.29, 0.717) is 19.3 Å². The molecule has 0 heterocycles. The molecule has 1 atom stereocenters. The number of ether oxygens (including phenoxy) is 3. The van der Waals surface area contributed by atoms with Crippen molar-refractivity contribution in [1.82, 2.24) is 0 Å². The van der Waals surface area contributed by atoms with Gasteiger partial charge in [-0.1, -0.05) is 392 Å². The topological polar surface area (TPSA) is 78.9 Å². The number of carbonyl (C=O) groups excluding carboxylic acids is 3. The molecule has 0 aliphatic heterocycles. The molecule has 0 rings (SSSR count). The van der Waals surface area contributed by atoms with Gasteiger partial charge in [-0.15, -0.1) is 0 Å². The fourth-order valence-electron chi connectivity index (χ4n) is 12.0. The van der Waals surface area contributed by atoms with Crippen molar-refractivity contribution in [3.05, 3.63) is 12.2 Å². The SMILES string of the molecule is CCCCC/C=C\CCCCCCCC(=O)OCC(COC(=O)CCCCCCCCCCCCCCCCCCCCCCCCCCCCCCCCCCCC)OC(=O)CCCCCCCCCCCCCCCCCCCCC. The standard InChI is InChI=1S/C77H148O6/c1-4-7-10-13-16-19-22-25-27-29-31-32-33-34-35-36-37-38-39-40-41-42-43-44-45-47-48-50-52-55-58-61-64-67-70-76(79)82-73-74(72-81-75(78)69-66-63-60-57-54-24-21-18-15-12-9-6-3)83-77(80)71-68-65-62-59-56-53-51-49-46-30-28-26-23-20-17-14-11-8-5-2/h18,21,74H,4-17,19-20,22-73H2,1-3H3/b21-18-. The van der Waals surface area contributed by atoms with Crippen LogP contribution in [0.5, 0.6) is 0 Å². The number of carbonyl (C=O) groups is 3. The van der Waals surface area contributed by atoms with Crippen LogP contribution >= 0.6 is 0 Å². The second kappa shape index (κ2) is 72.6. The highest BCUT2D eigenvalue weighted by Gasteiger charge is 2.20. The summed E-state index contributed by atoms with van der Waals surface area (Å²) in [5.41, 5.74) is 0. The van der Waals surface area contributed by atoms with Crippen LogP contribution in [-0.2, 0) is 28.6 Å². The van der Waals surface area contributed by atoms with Gasteiger partial charge in [0.15, 0.2) is 6.10 Å². The number of rotatable bonds is 72. The lowest BCUT2D eigenvalue weighted by Crippen LogP contribution is -2.30. The zero-order valence-corrected chi connectivity index (χ0v) is 56.8. The molecular weight excluding hydrogens is 1020 g/mol. The van der Waals surface area contributed by atoms with Crippen molar-refractivity contribution in [2.24, 2.45) is 0 Å². The molecule has 492 valence electrons. The highest BCUT2D eigenvalue weighted by Crippen LogP contribution is 2.20. The summed E-state index contributed by atoms with van der Waals surface area (Å²) in [6, 6.07) is 0. The van der Waals surface area contributed by atoms with Gasteiger partial charge in [0.2, 0.25) is 0 Å². The number of hydrogen-bond donors (Lipinski definition) is 0. The average Bonchev–Trinajstić information content (AvgIpc) is 3.49. The summed E-state index contributed by atoms with van der Waals surface area (Å²) in [5, 5.41) is 0. The van der Waals surface area contributed by atoms with Gasteiger partial charge in [-0.2, -0.15) is 0 Å². The zero-order valence-electron chi connectivity index (χ0n) is 56.8. The molecule has 0 aromatic carbocycles. The van der Waals surface area contributed by atoms with Crippen LogP contribution in [0.4, 0.5) is 0 Å². The first kappa shape index (κ1) is 81.2. The Bertz CT molecular complexity index is 1300. The van der Waals surface area contributed by atoms with E-state index in [9.17, 15) is 14.4 Å². The van der Waals surface area contributed by atoms with Gasteiger partial charge in [0.25, 0.3) is 0 Å². The molecule has 0 aromatic rings. The third-order valence-electron chi connectivity index (χ3n) is 17.8. The molecule has 0 spiro atoms. The van der Waals surface area contributed by atoms with Crippen molar-refractivity contribution in [2.75, 3.05) is 13.2 Å². The number of esters is 3. The van der Waals surface area contributed by atoms with E-state index < -0.39 is 6.10 Å². The van der Waals surface area contributed by atoms with E-state index in [1.165, 1.54) is 340 Å². The summed E-state index contributed by atoms with van der Waals surface area (Å²) in [4.78, 5) is 38.4. The smallest absolute Gasteiger partial charge is 0.306 e. The van der Waals surface area contributed by atoms with Crippen LogP contribution in [0.25, 0.3) is 0 Å². The Morgan fingerprint density at radius 3 is 0.627 bits per heavy atom. The Hall–Kier alpha value is -1.85. The molecule has 0 saturated carbocycles. The van der Waals surface area contributed by atoms with E-state index >= 15 is 0 Å². The third kappa shape index (κ3) is 70.8. The Morgan fingerprint density at radius 1 is 0.229 bits per heavy atom. The van der Waals surface area contributed by atoms with Gasteiger partial charge in [0.1, 0.15) is 13.2 Å². The van der Waals surface area contributed by atoms with E-state index in [0.717, 1.165) is 64.2 Å². The largest absolute Gasteiger partial charge is 0.462 e. The van der Waals surface area contributed by atoms with Gasteiger partial charge < -0.3 is 14.2 Å². The van der Waals surface area contributed by atoms with Crippen molar-refractivity contribution >= 4 is 17.9 Å². The van der Waals surface area contributed by atoms with Gasteiger partial charge in [-0.25, -0.2) is 0 Å². The minimum absolute atomic E-state index is 0.0657. The molecule has 0 radical (unpaired) electrons. The lowest BCUT2D eigenvalue weighted by Gasteiger charge is -2.18. The van der Waals surface area contributed by atoms with Gasteiger partial charge in [-0.3, -0.25) is 14.4 Å². The molecule has 0 aromatic heterocycles. The van der Waals surface area contributed by atoms with E-state index in [1.807, 2.05) is 0 Å². The predicted molar refractivity (Wildman–Crippen MR) is 363 cm³/mol. The summed E-state index contributed by atoms with van der Waals surface area (Å²) in [6.07, 6.45) is 88.6. The molecule has 0 amide bonds. The lowest BCUT2D eigenvalue weighted by molar-refractivity contribution is -0.167. The number of unbranched alkanes of at least 4 members (excludes halogenated alkanes) is 59. The Kier molecular flexibility index (Phi) is 71.0. The first-order valence-electron chi connectivity index (χ1n) is 38.2. The fraction of sp³-hybridized carbons (Fsp3) is 0.935. The lowest BCUT2D eigenvalue weighted by atomic mass is 10.0. The van der Waals surface area contributed by atoms with Crippen LogP contribution in [-0.4, -0.2) is 37.2 Å². The predicted octanol–water partition coefficient (Wildman–Crippen LogP) is 26.3. The van der Waals surface area contributed by atoms with Gasteiger partial charge >= 0.3 is 17.9 Å². The molecule has 6 nitrogen and oxygen atoms in total. The maximum Gasteiger partial charge on any atom is 0.306 e. The summed E-state index contributed by atoms with van der Waals surface area (Å²) >= 11 is 0. The minimum Gasteiger partial charge on any atom is -0.462 e. The second-order valence-corrected chi connectivity index (χ2v) is 26.3. The summed E-state index contributed by atoms with van der Waals surface area (Å²) < 4.78 is 17.0. The van der Waals surface area contributed by atoms with E-state index in [1.54, 1.807) is 0 Å². The first-order valence-corrected chi connectivity index (χ1v) is 38.2. The summed E-state index contributed by atoms with van der Waals surface area (Å²) in [6.45, 7) is 6.70. The van der Waals surface area contributed by atoms with E-state index in [4.69, 9.17) is 14.2 Å². The number of allylic oxidation sites excluding steroid dienone is 2. The molecular formula is C77H148O6. The molecule has 0 N–H and O–H groups in total. The second-order valence-electron chi connectivity index (χ2n) is 26.3. The molecule has 6 heteroatoms. The van der Waals surface area contributed by atoms with Crippen LogP contribution in [0.15, 0.2) is 12.2 Å². The molecule has 1 unspecified atom stereocenters. The Morgan fingerprint density at radius 2 is 0.398 bits per heavy atom. The van der Waals surface area contributed by atoms with Crippen LogP contribution < -0.4 is 0 Å². The number of hydrogen-bond acceptors (Lipinski definition) is 6. The highest BCUT2D eigenvalue weighted by molar-refractivity contribution is 5.71. The maximum atomic E-state index is 12.9. The van der Waals surface area contributed by atoms with Gasteiger partial charge in [0.05, 0.1) is 0 Å². The Balaban J connectivity index is 4.04. The summed E-state index contributed by atoms with van der Waals surface area (Å²) in [7, 11) is 0. The quantitative estimate of drug-likeness (QED) is 0.0261. The maximum absolute atomic E-state index is 12.9. The summed E-state index contributed by atoms with van der Waals surface area (Å²) in [5.74, 6) is -0.840. The van der Waals surface area contributed by atoms with Crippen molar-refractivity contribution in [3.8, 4) is 0 Å². The van der Waals surface area contributed by atoms with Crippen molar-refractivity contribution in [3.63, 3.8) is 0 Å². The van der Waals surface area contributed by atoms with E-state index in [2.05, 4.69) is 32.9 Å². The van der Waals surface area contributed by atoms with Crippen molar-refractivity contribution in [1.29, 1.82) is 0 Å². The molecule has 0 bridgehead atoms. The zero-order chi connectivity index (χ0) is 59.9. The van der Waals surface area contributed by atoms with Crippen molar-refractivity contribution in [2.45, 2.75) is 451 Å². The molecule has 0 aliphatic carbocycles. The molecule has 0 saturated heterocycles. The first-order chi connectivity index (χ1) is 41.0.